The fourth-order valence-electron chi connectivity index (χ4n) is 2.53. The van der Waals surface area contributed by atoms with Gasteiger partial charge in [0.15, 0.2) is 5.17 Å². The standard InChI is InChI=1S/C19H21N3O2S/c1-2-3-5-14-7-9-15(10-8-14)12-17-18(23)21-19(25-17)22-20-13-16-6-4-11-24-16/h4,6-11,13,17H,2-3,5,12H2,1H3,(H,21,22,23). The second-order valence-corrected chi connectivity index (χ2v) is 7.08. The average Bonchev–Trinajstić information content (AvgIpc) is 3.25. The van der Waals surface area contributed by atoms with Crippen molar-refractivity contribution in [3.05, 3.63) is 59.5 Å². The molecule has 3 rings (SSSR count). The Morgan fingerprint density at radius 2 is 2.04 bits per heavy atom. The molecule has 1 unspecified atom stereocenters. The lowest BCUT2D eigenvalue weighted by Gasteiger charge is -2.06. The summed E-state index contributed by atoms with van der Waals surface area (Å²) >= 11 is 1.41. The molecule has 1 aromatic heterocycles. The van der Waals surface area contributed by atoms with Crippen LogP contribution in [-0.2, 0) is 17.6 Å². The highest BCUT2D eigenvalue weighted by Gasteiger charge is 2.30. The van der Waals surface area contributed by atoms with E-state index >= 15 is 0 Å². The van der Waals surface area contributed by atoms with Gasteiger partial charge < -0.3 is 9.73 Å². The molecule has 1 atom stereocenters. The normalized spacial score (nSPS) is 19.0. The summed E-state index contributed by atoms with van der Waals surface area (Å²) in [6.07, 6.45) is 7.29. The van der Waals surface area contributed by atoms with Crippen molar-refractivity contribution in [1.82, 2.24) is 5.32 Å². The first-order chi connectivity index (χ1) is 12.2. The van der Waals surface area contributed by atoms with Gasteiger partial charge in [-0.15, -0.1) is 5.10 Å². The third-order valence-corrected chi connectivity index (χ3v) is 4.99. The van der Waals surface area contributed by atoms with Gasteiger partial charge in [-0.25, -0.2) is 0 Å². The van der Waals surface area contributed by atoms with E-state index in [1.165, 1.54) is 36.4 Å². The zero-order chi connectivity index (χ0) is 17.5. The number of carbonyl (C=O) groups is 1. The Labute approximate surface area is 151 Å². The van der Waals surface area contributed by atoms with Crippen molar-refractivity contribution in [1.29, 1.82) is 0 Å². The van der Waals surface area contributed by atoms with Gasteiger partial charge in [-0.1, -0.05) is 49.4 Å². The lowest BCUT2D eigenvalue weighted by Crippen LogP contribution is -2.25. The van der Waals surface area contributed by atoms with Crippen molar-refractivity contribution in [3.63, 3.8) is 0 Å². The molecule has 0 saturated carbocycles. The molecule has 0 bridgehead atoms. The van der Waals surface area contributed by atoms with Crippen molar-refractivity contribution in [3.8, 4) is 0 Å². The molecule has 1 aliphatic rings. The highest BCUT2D eigenvalue weighted by molar-refractivity contribution is 8.15. The quantitative estimate of drug-likeness (QED) is 0.607. The van der Waals surface area contributed by atoms with Crippen molar-refractivity contribution in [2.75, 3.05) is 0 Å². The Bertz CT molecular complexity index is 751. The molecule has 2 aromatic rings. The average molecular weight is 355 g/mol. The third-order valence-electron chi connectivity index (χ3n) is 3.92. The number of unbranched alkanes of at least 4 members (excludes halogenated alkanes) is 1. The summed E-state index contributed by atoms with van der Waals surface area (Å²) in [6.45, 7) is 2.20. The summed E-state index contributed by atoms with van der Waals surface area (Å²) < 4.78 is 5.14. The van der Waals surface area contributed by atoms with Crippen LogP contribution in [0.4, 0.5) is 0 Å². The molecule has 6 heteroatoms. The summed E-state index contributed by atoms with van der Waals surface area (Å²) in [4.78, 5) is 12.1. The smallest absolute Gasteiger partial charge is 0.239 e. The van der Waals surface area contributed by atoms with Crippen molar-refractivity contribution >= 4 is 29.1 Å². The minimum atomic E-state index is -0.168. The van der Waals surface area contributed by atoms with Crippen LogP contribution in [0.5, 0.6) is 0 Å². The van der Waals surface area contributed by atoms with E-state index in [-0.39, 0.29) is 11.2 Å². The summed E-state index contributed by atoms with van der Waals surface area (Å²) in [7, 11) is 0. The monoisotopic (exact) mass is 355 g/mol. The Hall–Kier alpha value is -2.34. The number of rotatable bonds is 7. The molecule has 25 heavy (non-hydrogen) atoms. The predicted octanol–water partition coefficient (Wildman–Crippen LogP) is 3.79. The van der Waals surface area contributed by atoms with Crippen LogP contribution in [0.15, 0.2) is 57.3 Å². The molecule has 1 saturated heterocycles. The maximum absolute atomic E-state index is 12.1. The van der Waals surface area contributed by atoms with Crippen molar-refractivity contribution < 1.29 is 9.21 Å². The minimum absolute atomic E-state index is 0.0213. The molecule has 1 fully saturated rings. The molecular formula is C19H21N3O2S. The molecule has 0 spiro atoms. The van der Waals surface area contributed by atoms with Gasteiger partial charge in [0.2, 0.25) is 5.91 Å². The minimum Gasteiger partial charge on any atom is -0.463 e. The highest BCUT2D eigenvalue weighted by atomic mass is 32.2. The number of furan rings is 1. The van der Waals surface area contributed by atoms with E-state index in [0.717, 1.165) is 12.0 Å². The summed E-state index contributed by atoms with van der Waals surface area (Å²) in [5, 5.41) is 11.1. The molecule has 1 aliphatic heterocycles. The Morgan fingerprint density at radius 3 is 2.76 bits per heavy atom. The van der Waals surface area contributed by atoms with Crippen LogP contribution in [0, 0.1) is 0 Å². The first-order valence-corrected chi connectivity index (χ1v) is 9.32. The number of hydrogen-bond donors (Lipinski definition) is 1. The molecule has 2 heterocycles. The van der Waals surface area contributed by atoms with Gasteiger partial charge >= 0.3 is 0 Å². The van der Waals surface area contributed by atoms with E-state index in [2.05, 4.69) is 46.7 Å². The fraction of sp³-hybridized carbons (Fsp3) is 0.316. The number of benzene rings is 1. The van der Waals surface area contributed by atoms with Crippen LogP contribution >= 0.6 is 11.8 Å². The molecule has 0 radical (unpaired) electrons. The number of hydrogen-bond acceptors (Lipinski definition) is 5. The highest BCUT2D eigenvalue weighted by Crippen LogP contribution is 2.23. The van der Waals surface area contributed by atoms with E-state index < -0.39 is 0 Å². The first-order valence-electron chi connectivity index (χ1n) is 8.44. The molecular weight excluding hydrogens is 334 g/mol. The molecule has 1 amide bonds. The van der Waals surface area contributed by atoms with Gasteiger partial charge in [-0.05, 0) is 42.5 Å². The van der Waals surface area contributed by atoms with Gasteiger partial charge in [0.25, 0.3) is 0 Å². The second kappa shape index (κ2) is 8.67. The molecule has 130 valence electrons. The van der Waals surface area contributed by atoms with Crippen LogP contribution in [0.2, 0.25) is 0 Å². The van der Waals surface area contributed by atoms with Gasteiger partial charge in [0.05, 0.1) is 17.7 Å². The zero-order valence-electron chi connectivity index (χ0n) is 14.1. The van der Waals surface area contributed by atoms with E-state index in [9.17, 15) is 4.79 Å². The lowest BCUT2D eigenvalue weighted by molar-refractivity contribution is -0.118. The van der Waals surface area contributed by atoms with Gasteiger partial charge in [0.1, 0.15) is 5.76 Å². The molecule has 1 aromatic carbocycles. The number of thioether (sulfide) groups is 1. The molecule has 5 nitrogen and oxygen atoms in total. The third kappa shape index (κ3) is 5.06. The van der Waals surface area contributed by atoms with Gasteiger partial charge in [-0.2, -0.15) is 5.10 Å². The van der Waals surface area contributed by atoms with Crippen LogP contribution in [-0.4, -0.2) is 22.5 Å². The summed E-state index contributed by atoms with van der Waals surface area (Å²) in [5.41, 5.74) is 2.51. The molecule has 0 aliphatic carbocycles. The number of amidine groups is 1. The van der Waals surface area contributed by atoms with Crippen molar-refractivity contribution in [2.24, 2.45) is 10.2 Å². The Balaban J connectivity index is 1.55. The largest absolute Gasteiger partial charge is 0.463 e. The second-order valence-electron chi connectivity index (χ2n) is 5.89. The Kier molecular flexibility index (Phi) is 6.06. The summed E-state index contributed by atoms with van der Waals surface area (Å²) in [6, 6.07) is 12.1. The zero-order valence-corrected chi connectivity index (χ0v) is 15.0. The molecule has 1 N–H and O–H groups in total. The number of carbonyl (C=O) groups excluding carboxylic acids is 1. The Morgan fingerprint density at radius 1 is 1.24 bits per heavy atom. The summed E-state index contributed by atoms with van der Waals surface area (Å²) in [5.74, 6) is 0.602. The number of amides is 1. The number of nitrogens with one attached hydrogen (secondary N) is 1. The van der Waals surface area contributed by atoms with Gasteiger partial charge in [-0.3, -0.25) is 4.79 Å². The van der Waals surface area contributed by atoms with Crippen molar-refractivity contribution in [2.45, 2.75) is 37.9 Å². The SMILES string of the molecule is CCCCc1ccc(CC2S/C(=N/N=Cc3ccco3)NC2=O)cc1. The van der Waals surface area contributed by atoms with Gasteiger partial charge in [0, 0.05) is 0 Å². The van der Waals surface area contributed by atoms with Crippen LogP contribution in [0.3, 0.4) is 0 Å². The van der Waals surface area contributed by atoms with E-state index in [4.69, 9.17) is 4.42 Å². The maximum atomic E-state index is 12.1. The lowest BCUT2D eigenvalue weighted by atomic mass is 10.0. The topological polar surface area (TPSA) is 67.0 Å². The van der Waals surface area contributed by atoms with E-state index in [0.29, 0.717) is 17.3 Å². The van der Waals surface area contributed by atoms with Crippen LogP contribution in [0.1, 0.15) is 36.7 Å². The fourth-order valence-corrected chi connectivity index (χ4v) is 3.49. The van der Waals surface area contributed by atoms with E-state index in [1.807, 2.05) is 0 Å². The first kappa shape index (κ1) is 17.5. The predicted molar refractivity (Wildman–Crippen MR) is 102 cm³/mol. The maximum Gasteiger partial charge on any atom is 0.239 e. The number of nitrogens with zero attached hydrogens (tertiary/aromatic N) is 2. The van der Waals surface area contributed by atoms with Crippen LogP contribution in [0.25, 0.3) is 0 Å². The van der Waals surface area contributed by atoms with Crippen LogP contribution < -0.4 is 5.32 Å². The van der Waals surface area contributed by atoms with E-state index in [1.54, 1.807) is 18.4 Å². The number of aryl methyl sites for hydroxylation is 1.